The average Bonchev–Trinajstić information content (AvgIpc) is 3.08. The lowest BCUT2D eigenvalue weighted by Gasteiger charge is -2.21. The largest absolute Gasteiger partial charge is 0.454 e. The zero-order valence-corrected chi connectivity index (χ0v) is 13.1. The number of nitrogens with one attached hydrogen (secondary N) is 1. The molecule has 1 aromatic carbocycles. The van der Waals surface area contributed by atoms with Crippen LogP contribution in [0.3, 0.4) is 0 Å². The fourth-order valence-corrected chi connectivity index (χ4v) is 2.68. The Morgan fingerprint density at radius 1 is 1.32 bits per heavy atom. The quantitative estimate of drug-likeness (QED) is 0.852. The predicted molar refractivity (Wildman–Crippen MR) is 82.1 cm³/mol. The van der Waals surface area contributed by atoms with E-state index in [-0.39, 0.29) is 13.4 Å². The van der Waals surface area contributed by atoms with Gasteiger partial charge in [0.2, 0.25) is 6.79 Å². The molecular formula is C15H18ClN3O3. The Morgan fingerprint density at radius 3 is 2.77 bits per heavy atom. The molecule has 0 radical (unpaired) electrons. The normalized spacial score (nSPS) is 13.1. The lowest BCUT2D eigenvalue weighted by atomic mass is 10.2. The van der Waals surface area contributed by atoms with E-state index in [2.05, 4.69) is 14.9 Å². The van der Waals surface area contributed by atoms with Gasteiger partial charge >= 0.3 is 0 Å². The molecule has 0 bridgehead atoms. The number of fused-ring (bicyclic) bond motifs is 1. The van der Waals surface area contributed by atoms with Crippen LogP contribution in [0.2, 0.25) is 5.02 Å². The number of H-pyrrole nitrogens is 1. The first-order valence-electron chi connectivity index (χ1n) is 7.07. The van der Waals surface area contributed by atoms with E-state index in [1.807, 2.05) is 13.0 Å². The molecule has 3 rings (SSSR count). The minimum Gasteiger partial charge on any atom is -0.454 e. The SMILES string of the molecule is Cc1ncc(CN(CCO)Cc2cc3c(cc2Cl)OCO3)[nH]1. The monoisotopic (exact) mass is 323 g/mol. The van der Waals surface area contributed by atoms with Gasteiger partial charge in [0.05, 0.1) is 6.61 Å². The third-order valence-electron chi connectivity index (χ3n) is 3.50. The minimum atomic E-state index is 0.0787. The van der Waals surface area contributed by atoms with Crippen LogP contribution in [0.15, 0.2) is 18.3 Å². The summed E-state index contributed by atoms with van der Waals surface area (Å²) in [5.74, 6) is 2.26. The first-order valence-corrected chi connectivity index (χ1v) is 7.45. The molecule has 0 atom stereocenters. The zero-order valence-electron chi connectivity index (χ0n) is 12.3. The van der Waals surface area contributed by atoms with E-state index in [0.29, 0.717) is 36.2 Å². The Labute approximate surface area is 133 Å². The number of hydrogen-bond donors (Lipinski definition) is 2. The predicted octanol–water partition coefficient (Wildman–Crippen LogP) is 2.09. The number of aryl methyl sites for hydroxylation is 1. The van der Waals surface area contributed by atoms with Gasteiger partial charge in [0, 0.05) is 42.6 Å². The van der Waals surface area contributed by atoms with Crippen LogP contribution in [0, 0.1) is 6.92 Å². The van der Waals surface area contributed by atoms with Crippen LogP contribution >= 0.6 is 11.6 Å². The number of halogens is 1. The summed E-state index contributed by atoms with van der Waals surface area (Å²) in [5, 5.41) is 9.91. The molecule has 7 heteroatoms. The molecule has 0 spiro atoms. The molecule has 1 aromatic heterocycles. The topological polar surface area (TPSA) is 70.6 Å². The number of aliphatic hydroxyl groups excluding tert-OH is 1. The van der Waals surface area contributed by atoms with Crippen LogP contribution < -0.4 is 9.47 Å². The molecule has 22 heavy (non-hydrogen) atoms. The van der Waals surface area contributed by atoms with Gasteiger partial charge in [-0.25, -0.2) is 4.98 Å². The molecule has 0 saturated heterocycles. The summed E-state index contributed by atoms with van der Waals surface area (Å²) in [6.07, 6.45) is 1.81. The molecule has 2 aromatic rings. The van der Waals surface area contributed by atoms with E-state index in [4.69, 9.17) is 21.1 Å². The Bertz CT molecular complexity index is 659. The van der Waals surface area contributed by atoms with Gasteiger partial charge in [0.15, 0.2) is 11.5 Å². The summed E-state index contributed by atoms with van der Waals surface area (Å²) < 4.78 is 10.7. The summed E-state index contributed by atoms with van der Waals surface area (Å²) in [7, 11) is 0. The van der Waals surface area contributed by atoms with Gasteiger partial charge in [-0.2, -0.15) is 0 Å². The first-order chi connectivity index (χ1) is 10.7. The minimum absolute atomic E-state index is 0.0787. The van der Waals surface area contributed by atoms with Crippen molar-refractivity contribution in [3.05, 3.63) is 40.4 Å². The van der Waals surface area contributed by atoms with Crippen LogP contribution in [0.4, 0.5) is 0 Å². The highest BCUT2D eigenvalue weighted by Crippen LogP contribution is 2.37. The highest BCUT2D eigenvalue weighted by Gasteiger charge is 2.18. The molecule has 6 nitrogen and oxygen atoms in total. The smallest absolute Gasteiger partial charge is 0.231 e. The van der Waals surface area contributed by atoms with E-state index in [1.165, 1.54) is 0 Å². The van der Waals surface area contributed by atoms with Gasteiger partial charge in [-0.15, -0.1) is 0 Å². The van der Waals surface area contributed by atoms with Gasteiger partial charge in [-0.05, 0) is 18.6 Å². The molecule has 2 N–H and O–H groups in total. The highest BCUT2D eigenvalue weighted by molar-refractivity contribution is 6.31. The number of hydrogen-bond acceptors (Lipinski definition) is 5. The maximum atomic E-state index is 9.28. The number of aromatic amines is 1. The van der Waals surface area contributed by atoms with Gasteiger partial charge in [-0.1, -0.05) is 11.6 Å². The lowest BCUT2D eigenvalue weighted by Crippen LogP contribution is -2.26. The molecule has 1 aliphatic rings. The lowest BCUT2D eigenvalue weighted by molar-refractivity contribution is 0.173. The Morgan fingerprint density at radius 2 is 2.09 bits per heavy atom. The van der Waals surface area contributed by atoms with E-state index in [1.54, 1.807) is 12.3 Å². The van der Waals surface area contributed by atoms with Crippen LogP contribution in [0.5, 0.6) is 11.5 Å². The second kappa shape index (κ2) is 6.56. The summed E-state index contributed by atoms with van der Waals surface area (Å²) in [6, 6.07) is 3.67. The fraction of sp³-hybridized carbons (Fsp3) is 0.400. The second-order valence-electron chi connectivity index (χ2n) is 5.22. The number of benzene rings is 1. The highest BCUT2D eigenvalue weighted by atomic mass is 35.5. The van der Waals surface area contributed by atoms with E-state index in [0.717, 1.165) is 17.1 Å². The van der Waals surface area contributed by atoms with Crippen LogP contribution in [0.25, 0.3) is 0 Å². The molecular weight excluding hydrogens is 306 g/mol. The van der Waals surface area contributed by atoms with Gasteiger partial charge in [-0.3, -0.25) is 4.90 Å². The van der Waals surface area contributed by atoms with Crippen molar-refractivity contribution in [1.29, 1.82) is 0 Å². The number of nitrogens with zero attached hydrogens (tertiary/aromatic N) is 2. The average molecular weight is 324 g/mol. The Hall–Kier alpha value is -1.76. The maximum absolute atomic E-state index is 9.28. The Kier molecular flexibility index (Phi) is 4.52. The molecule has 1 aliphatic heterocycles. The summed E-state index contributed by atoms with van der Waals surface area (Å²) in [4.78, 5) is 9.48. The molecule has 2 heterocycles. The van der Waals surface area contributed by atoms with Gasteiger partial charge in [0.25, 0.3) is 0 Å². The maximum Gasteiger partial charge on any atom is 0.231 e. The number of aromatic nitrogens is 2. The van der Waals surface area contributed by atoms with Crippen molar-refractivity contribution in [3.8, 4) is 11.5 Å². The summed E-state index contributed by atoms with van der Waals surface area (Å²) in [5.41, 5.74) is 1.94. The summed E-state index contributed by atoms with van der Waals surface area (Å²) >= 11 is 6.31. The molecule has 0 fully saturated rings. The molecule has 0 saturated carbocycles. The van der Waals surface area contributed by atoms with Gasteiger partial charge < -0.3 is 19.6 Å². The number of imidazole rings is 1. The molecule has 0 aliphatic carbocycles. The van der Waals surface area contributed by atoms with Crippen molar-refractivity contribution >= 4 is 11.6 Å². The third kappa shape index (κ3) is 3.35. The fourth-order valence-electron chi connectivity index (χ4n) is 2.47. The van der Waals surface area contributed by atoms with Crippen molar-refractivity contribution in [2.45, 2.75) is 20.0 Å². The zero-order chi connectivity index (χ0) is 15.5. The van der Waals surface area contributed by atoms with Crippen molar-refractivity contribution in [2.75, 3.05) is 19.9 Å². The second-order valence-corrected chi connectivity index (χ2v) is 5.63. The van der Waals surface area contributed by atoms with Crippen molar-refractivity contribution in [1.82, 2.24) is 14.9 Å². The molecule has 0 amide bonds. The summed E-state index contributed by atoms with van der Waals surface area (Å²) in [6.45, 7) is 4.02. The Balaban J connectivity index is 1.75. The molecule has 118 valence electrons. The first kappa shape index (κ1) is 15.1. The van der Waals surface area contributed by atoms with E-state index < -0.39 is 0 Å². The van der Waals surface area contributed by atoms with E-state index >= 15 is 0 Å². The molecule has 0 unspecified atom stereocenters. The number of rotatable bonds is 6. The number of aliphatic hydroxyl groups is 1. The number of ether oxygens (including phenoxy) is 2. The van der Waals surface area contributed by atoms with Crippen LogP contribution in [-0.4, -0.2) is 39.9 Å². The standard InChI is InChI=1S/C15H18ClN3O3/c1-10-17-6-12(18-10)8-19(2-3-20)7-11-4-14-15(5-13(11)16)22-9-21-14/h4-6,20H,2-3,7-9H2,1H3,(H,17,18). The van der Waals surface area contributed by atoms with Crippen molar-refractivity contribution in [2.24, 2.45) is 0 Å². The van der Waals surface area contributed by atoms with Crippen molar-refractivity contribution in [3.63, 3.8) is 0 Å². The van der Waals surface area contributed by atoms with Gasteiger partial charge in [0.1, 0.15) is 5.82 Å². The third-order valence-corrected chi connectivity index (χ3v) is 3.85. The van der Waals surface area contributed by atoms with Crippen molar-refractivity contribution < 1.29 is 14.6 Å². The van der Waals surface area contributed by atoms with Crippen LogP contribution in [0.1, 0.15) is 17.1 Å². The van der Waals surface area contributed by atoms with Crippen LogP contribution in [-0.2, 0) is 13.1 Å². The van der Waals surface area contributed by atoms with E-state index in [9.17, 15) is 5.11 Å².